The standard InChI is InChI=1S/C13H14F7N3/c1-2-21-12(22-4-3-13(18,19)20)23-6-7-10(16)8(14)5-9(15)11(7)17/h5H,2-4,6H2,1H3,(H2,21,22,23). The molecule has 0 heterocycles. The van der Waals surface area contributed by atoms with Crippen molar-refractivity contribution in [2.24, 2.45) is 4.99 Å². The first-order valence-electron chi connectivity index (χ1n) is 6.56. The summed E-state index contributed by atoms with van der Waals surface area (Å²) in [5.41, 5.74) is -0.949. The van der Waals surface area contributed by atoms with Crippen LogP contribution in [0.15, 0.2) is 11.1 Å². The van der Waals surface area contributed by atoms with E-state index in [1.807, 2.05) is 0 Å². The Balaban J connectivity index is 2.86. The summed E-state index contributed by atoms with van der Waals surface area (Å²) in [6.45, 7) is 0.579. The topological polar surface area (TPSA) is 36.4 Å². The van der Waals surface area contributed by atoms with Crippen molar-refractivity contribution in [1.82, 2.24) is 10.6 Å². The fourth-order valence-electron chi connectivity index (χ4n) is 1.58. The van der Waals surface area contributed by atoms with Crippen LogP contribution in [0.1, 0.15) is 18.9 Å². The molecule has 2 N–H and O–H groups in total. The molecule has 0 aliphatic carbocycles. The maximum atomic E-state index is 13.4. The van der Waals surface area contributed by atoms with E-state index in [4.69, 9.17) is 0 Å². The second-order valence-corrected chi connectivity index (χ2v) is 4.43. The van der Waals surface area contributed by atoms with Gasteiger partial charge in [0, 0.05) is 19.2 Å². The zero-order valence-electron chi connectivity index (χ0n) is 12.0. The molecule has 0 amide bonds. The van der Waals surface area contributed by atoms with Crippen molar-refractivity contribution in [3.63, 3.8) is 0 Å². The number of benzene rings is 1. The van der Waals surface area contributed by atoms with E-state index in [0.29, 0.717) is 0 Å². The van der Waals surface area contributed by atoms with Gasteiger partial charge in [0.25, 0.3) is 0 Å². The third-order valence-corrected chi connectivity index (χ3v) is 2.64. The molecule has 130 valence electrons. The molecule has 0 fully saturated rings. The van der Waals surface area contributed by atoms with Gasteiger partial charge in [-0.15, -0.1) is 0 Å². The average molecular weight is 345 g/mol. The Hall–Kier alpha value is -2.00. The molecular weight excluding hydrogens is 331 g/mol. The van der Waals surface area contributed by atoms with Crippen molar-refractivity contribution in [3.8, 4) is 0 Å². The molecule has 10 heteroatoms. The first-order valence-corrected chi connectivity index (χ1v) is 6.56. The molecule has 0 unspecified atom stereocenters. The fraction of sp³-hybridized carbons (Fsp3) is 0.462. The predicted octanol–water partition coefficient (Wildman–Crippen LogP) is 3.25. The molecule has 0 spiro atoms. The number of guanidine groups is 1. The van der Waals surface area contributed by atoms with Gasteiger partial charge in [0.05, 0.1) is 18.5 Å². The largest absolute Gasteiger partial charge is 0.390 e. The quantitative estimate of drug-likeness (QED) is 0.372. The summed E-state index contributed by atoms with van der Waals surface area (Å²) in [5, 5.41) is 4.85. The van der Waals surface area contributed by atoms with Crippen molar-refractivity contribution < 1.29 is 30.7 Å². The summed E-state index contributed by atoms with van der Waals surface area (Å²) in [5.74, 6) is -6.52. The van der Waals surface area contributed by atoms with E-state index in [-0.39, 0.29) is 18.6 Å². The molecule has 0 aliphatic heterocycles. The van der Waals surface area contributed by atoms with E-state index in [1.54, 1.807) is 6.92 Å². The number of halogens is 7. The zero-order valence-corrected chi connectivity index (χ0v) is 12.0. The summed E-state index contributed by atoms with van der Waals surface area (Å²) in [4.78, 5) is 3.62. The highest BCUT2D eigenvalue weighted by Crippen LogP contribution is 2.20. The van der Waals surface area contributed by atoms with Crippen molar-refractivity contribution in [2.45, 2.75) is 26.1 Å². The number of aliphatic imine (C=N–C) groups is 1. The van der Waals surface area contributed by atoms with E-state index < -0.39 is 54.5 Å². The van der Waals surface area contributed by atoms with Gasteiger partial charge in [0.2, 0.25) is 0 Å². The van der Waals surface area contributed by atoms with Crippen LogP contribution >= 0.6 is 0 Å². The molecule has 23 heavy (non-hydrogen) atoms. The van der Waals surface area contributed by atoms with Crippen LogP contribution in [-0.2, 0) is 6.54 Å². The summed E-state index contributed by atoms with van der Waals surface area (Å²) in [6, 6.07) is 0.0602. The van der Waals surface area contributed by atoms with Gasteiger partial charge in [-0.3, -0.25) is 0 Å². The van der Waals surface area contributed by atoms with Crippen LogP contribution < -0.4 is 10.6 Å². The van der Waals surface area contributed by atoms with Gasteiger partial charge in [-0.05, 0) is 6.92 Å². The SMILES string of the molecule is CCNC(=NCc1c(F)c(F)cc(F)c1F)NCCC(F)(F)F. The molecule has 1 aromatic carbocycles. The highest BCUT2D eigenvalue weighted by atomic mass is 19.4. The van der Waals surface area contributed by atoms with E-state index in [9.17, 15) is 30.7 Å². The van der Waals surface area contributed by atoms with E-state index in [2.05, 4.69) is 15.6 Å². The highest BCUT2D eigenvalue weighted by Gasteiger charge is 2.26. The second-order valence-electron chi connectivity index (χ2n) is 4.43. The van der Waals surface area contributed by atoms with Gasteiger partial charge in [-0.2, -0.15) is 13.2 Å². The van der Waals surface area contributed by atoms with Crippen LogP contribution in [-0.4, -0.2) is 25.2 Å². The van der Waals surface area contributed by atoms with E-state index in [0.717, 1.165) is 0 Å². The van der Waals surface area contributed by atoms with Crippen LogP contribution in [0.3, 0.4) is 0 Å². The summed E-state index contributed by atoms with van der Waals surface area (Å²) in [6.07, 6.45) is -5.52. The molecule has 3 nitrogen and oxygen atoms in total. The molecule has 0 aromatic heterocycles. The highest BCUT2D eigenvalue weighted by molar-refractivity contribution is 5.79. The van der Waals surface area contributed by atoms with Gasteiger partial charge < -0.3 is 10.6 Å². The monoisotopic (exact) mass is 345 g/mol. The predicted molar refractivity (Wildman–Crippen MR) is 69.8 cm³/mol. The Kier molecular flexibility index (Phi) is 6.64. The van der Waals surface area contributed by atoms with Crippen LogP contribution in [0.4, 0.5) is 30.7 Å². The minimum Gasteiger partial charge on any atom is -0.357 e. The number of nitrogens with zero attached hydrogens (tertiary/aromatic N) is 1. The van der Waals surface area contributed by atoms with Crippen LogP contribution in [0.5, 0.6) is 0 Å². The lowest BCUT2D eigenvalue weighted by Crippen LogP contribution is -2.39. The molecule has 0 aliphatic rings. The first-order chi connectivity index (χ1) is 10.7. The van der Waals surface area contributed by atoms with Gasteiger partial charge >= 0.3 is 6.18 Å². The zero-order chi connectivity index (χ0) is 17.6. The van der Waals surface area contributed by atoms with Crippen LogP contribution in [0.2, 0.25) is 0 Å². The van der Waals surface area contributed by atoms with E-state index >= 15 is 0 Å². The fourth-order valence-corrected chi connectivity index (χ4v) is 1.58. The molecule has 1 aromatic rings. The van der Waals surface area contributed by atoms with Crippen molar-refractivity contribution in [2.75, 3.05) is 13.1 Å². The molecule has 0 saturated heterocycles. The Morgan fingerprint density at radius 2 is 1.61 bits per heavy atom. The van der Waals surface area contributed by atoms with Crippen molar-refractivity contribution >= 4 is 5.96 Å². The summed E-state index contributed by atoms with van der Waals surface area (Å²) in [7, 11) is 0. The normalized spacial score (nSPS) is 12.4. The second kappa shape index (κ2) is 8.02. The summed E-state index contributed by atoms with van der Waals surface area (Å²) < 4.78 is 89.1. The van der Waals surface area contributed by atoms with Crippen molar-refractivity contribution in [1.29, 1.82) is 0 Å². The van der Waals surface area contributed by atoms with Gasteiger partial charge in [0.15, 0.2) is 29.2 Å². The maximum Gasteiger partial charge on any atom is 0.390 e. The average Bonchev–Trinajstić information content (AvgIpc) is 2.43. The number of hydrogen-bond donors (Lipinski definition) is 2. The lowest BCUT2D eigenvalue weighted by Gasteiger charge is -2.13. The number of alkyl halides is 3. The van der Waals surface area contributed by atoms with Gasteiger partial charge in [-0.1, -0.05) is 0 Å². The Morgan fingerprint density at radius 1 is 1.04 bits per heavy atom. The number of nitrogens with one attached hydrogen (secondary N) is 2. The molecule has 0 atom stereocenters. The minimum absolute atomic E-state index is 0.0602. The summed E-state index contributed by atoms with van der Waals surface area (Å²) >= 11 is 0. The molecule has 0 saturated carbocycles. The van der Waals surface area contributed by atoms with Crippen molar-refractivity contribution in [3.05, 3.63) is 34.9 Å². The smallest absolute Gasteiger partial charge is 0.357 e. The minimum atomic E-state index is -4.38. The Morgan fingerprint density at radius 3 is 2.09 bits per heavy atom. The third-order valence-electron chi connectivity index (χ3n) is 2.64. The number of hydrogen-bond acceptors (Lipinski definition) is 1. The number of rotatable bonds is 5. The third kappa shape index (κ3) is 5.95. The Bertz CT molecular complexity index is 543. The Labute approximate surface area is 127 Å². The maximum absolute atomic E-state index is 13.4. The van der Waals surface area contributed by atoms with E-state index in [1.165, 1.54) is 0 Å². The van der Waals surface area contributed by atoms with Gasteiger partial charge in [-0.25, -0.2) is 22.6 Å². The molecular formula is C13H14F7N3. The molecule has 0 radical (unpaired) electrons. The molecule has 1 rings (SSSR count). The van der Waals surface area contributed by atoms with Crippen LogP contribution in [0, 0.1) is 23.3 Å². The lowest BCUT2D eigenvalue weighted by atomic mass is 10.2. The first kappa shape index (κ1) is 19.0. The van der Waals surface area contributed by atoms with Crippen LogP contribution in [0.25, 0.3) is 0 Å². The van der Waals surface area contributed by atoms with Gasteiger partial charge in [0.1, 0.15) is 0 Å². The molecule has 0 bridgehead atoms. The lowest BCUT2D eigenvalue weighted by molar-refractivity contribution is -0.132.